The van der Waals surface area contributed by atoms with Gasteiger partial charge in [0.1, 0.15) is 19.6 Å². The molecule has 428 valence electrons. The Morgan fingerprint density at radius 2 is 1.04 bits per heavy atom. The number of carbonyl (C=O) groups is 6. The summed E-state index contributed by atoms with van der Waals surface area (Å²) in [6.07, 6.45) is -8.29. The van der Waals surface area contributed by atoms with Gasteiger partial charge in [-0.15, -0.1) is 0 Å². The summed E-state index contributed by atoms with van der Waals surface area (Å²) in [4.78, 5) is 83.8. The van der Waals surface area contributed by atoms with E-state index in [1.165, 1.54) is 20.3 Å². The molecule has 3 N–H and O–H groups in total. The van der Waals surface area contributed by atoms with Crippen LogP contribution in [0.2, 0.25) is 20.1 Å². The Labute approximate surface area is 475 Å². The number of nitrogens with one attached hydrogen (secondary N) is 3. The summed E-state index contributed by atoms with van der Waals surface area (Å²) in [5.41, 5.74) is 3.99. The Hall–Kier alpha value is -6.01. The van der Waals surface area contributed by atoms with Gasteiger partial charge in [-0.25, -0.2) is 0 Å². The maximum atomic E-state index is 13.3. The quantitative estimate of drug-likeness (QED) is 0.0635. The number of ether oxygens (including phenoxy) is 2. The highest BCUT2D eigenvalue weighted by Crippen LogP contribution is 2.40. The number of carbonyl (C=O) groups excluding carboxylic acids is 6. The van der Waals surface area contributed by atoms with Crippen molar-refractivity contribution in [3.05, 3.63) is 137 Å². The van der Waals surface area contributed by atoms with Crippen LogP contribution >= 0.6 is 58.0 Å². The molecule has 79 heavy (non-hydrogen) atoms. The molecule has 0 bridgehead atoms. The average molecular weight is 1210 g/mol. The van der Waals surface area contributed by atoms with Crippen molar-refractivity contribution in [2.24, 2.45) is 10.3 Å². The third-order valence-electron chi connectivity index (χ3n) is 11.5. The van der Waals surface area contributed by atoms with Gasteiger partial charge in [0, 0.05) is 75.8 Å². The summed E-state index contributed by atoms with van der Waals surface area (Å²) >= 11 is 29.4. The fourth-order valence-corrected chi connectivity index (χ4v) is 8.57. The Balaban J connectivity index is 0.000000307. The van der Waals surface area contributed by atoms with Crippen molar-refractivity contribution >= 4 is 104 Å². The first-order valence-electron chi connectivity index (χ1n) is 23.5. The highest BCUT2D eigenvalue weighted by atomic mass is 35.5. The van der Waals surface area contributed by atoms with E-state index < -0.39 is 79.3 Å². The normalized spacial score (nSPS) is 16.6. The number of hydrogen-bond acceptors (Lipinski definition) is 12. The van der Waals surface area contributed by atoms with E-state index in [-0.39, 0.29) is 29.4 Å². The van der Waals surface area contributed by atoms with Gasteiger partial charge < -0.3 is 35.1 Å². The SMILES string of the molecule is COCCC(=O)Cl.COCCC(=O)N(CC(=O)NCC(F)(F)F)C(=O)c1ccc(C2=NOC(C)(c3cc(Cl)cc(Cl)c3)C2)cc1C.Cc1cc(C2=NOC(C)(c3cc(Cl)cc(Cl)c3)C2)ccc1C(=O)NCC(=O)NCC(F)(F)F. The van der Waals surface area contributed by atoms with E-state index in [9.17, 15) is 55.1 Å². The van der Waals surface area contributed by atoms with Gasteiger partial charge in [0.2, 0.25) is 23.0 Å². The molecule has 2 aliphatic heterocycles. The summed E-state index contributed by atoms with van der Waals surface area (Å²) in [6, 6.07) is 20.0. The standard InChI is InChI=1S/C26H26Cl2F3N3O5.C22H20Cl2F3N3O3.C4H7ClO2/c1-15-8-16(21-12-25(2,39-33-21)17-9-18(27)11-19(28)10-17)4-5-20(15)24(37)34(23(36)6-7-38-3)13-22(35)32-14-26(29,30)31;1-12-5-13(3-4-17(12)20(32)28-10-19(31)29-11-22(25,26)27)18-9-21(2,33-30-18)14-6-15(23)8-16(24)7-14;1-7-3-2-4(5)6/h4-5,8-11H,6-7,12-14H2,1-3H3,(H,32,35);3-8H,9-11H2,1-2H3,(H,28,32)(H,29,31);2-3H2,1H3. The molecule has 2 unspecified atom stereocenters. The number of rotatable bonds is 18. The van der Waals surface area contributed by atoms with Crippen molar-refractivity contribution in [2.75, 3.05) is 53.6 Å². The summed E-state index contributed by atoms with van der Waals surface area (Å²) < 4.78 is 83.3. The molecule has 4 aromatic rings. The Kier molecular flexibility index (Phi) is 24.0. The van der Waals surface area contributed by atoms with E-state index >= 15 is 0 Å². The number of aryl methyl sites for hydroxylation is 2. The lowest BCUT2D eigenvalue weighted by Crippen LogP contribution is -2.46. The fraction of sp³-hybridized carbons (Fsp3) is 0.385. The topological polar surface area (TPSA) is 203 Å². The molecule has 0 saturated heterocycles. The summed E-state index contributed by atoms with van der Waals surface area (Å²) in [7, 11) is 2.87. The van der Waals surface area contributed by atoms with Gasteiger partial charge in [0.05, 0.1) is 37.6 Å². The number of benzene rings is 4. The zero-order chi connectivity index (χ0) is 59.0. The van der Waals surface area contributed by atoms with Crippen LogP contribution in [0.15, 0.2) is 83.1 Å². The second-order valence-corrected chi connectivity index (χ2v) is 20.2. The Morgan fingerprint density at radius 3 is 1.43 bits per heavy atom. The second kappa shape index (κ2) is 28.9. The largest absolute Gasteiger partial charge is 0.405 e. The lowest BCUT2D eigenvalue weighted by Gasteiger charge is -2.23. The molecule has 0 saturated carbocycles. The number of alkyl halides is 6. The Bertz CT molecular complexity index is 2930. The highest BCUT2D eigenvalue weighted by molar-refractivity contribution is 6.63. The van der Waals surface area contributed by atoms with Gasteiger partial charge in [0.25, 0.3) is 11.8 Å². The van der Waals surface area contributed by atoms with Crippen LogP contribution in [-0.2, 0) is 49.5 Å². The maximum absolute atomic E-state index is 13.3. The van der Waals surface area contributed by atoms with Crippen LogP contribution < -0.4 is 16.0 Å². The number of imide groups is 1. The van der Waals surface area contributed by atoms with E-state index in [1.807, 2.05) is 13.8 Å². The van der Waals surface area contributed by atoms with E-state index in [4.69, 9.17) is 72.4 Å². The van der Waals surface area contributed by atoms with Gasteiger partial charge in [-0.2, -0.15) is 26.3 Å². The number of hydrogen-bond donors (Lipinski definition) is 3. The van der Waals surface area contributed by atoms with Crippen LogP contribution in [0.4, 0.5) is 26.3 Å². The third-order valence-corrected chi connectivity index (χ3v) is 12.6. The molecular formula is C52H53Cl5F6N6O10. The fourth-order valence-electron chi connectivity index (χ4n) is 7.44. The van der Waals surface area contributed by atoms with Crippen molar-refractivity contribution < 1.29 is 74.3 Å². The molecule has 6 rings (SSSR count). The smallest absolute Gasteiger partial charge is 0.384 e. The molecule has 5 amide bonds. The van der Waals surface area contributed by atoms with Crippen LogP contribution in [0.25, 0.3) is 0 Å². The monoisotopic (exact) mass is 1210 g/mol. The second-order valence-electron chi connectivity index (χ2n) is 18.0. The van der Waals surface area contributed by atoms with Crippen molar-refractivity contribution in [3.8, 4) is 0 Å². The van der Waals surface area contributed by atoms with Crippen LogP contribution in [0.3, 0.4) is 0 Å². The van der Waals surface area contributed by atoms with Crippen LogP contribution in [-0.4, -0.2) is 117 Å². The number of methoxy groups -OCH3 is 2. The van der Waals surface area contributed by atoms with Gasteiger partial charge in [-0.05, 0) is 122 Å². The van der Waals surface area contributed by atoms with E-state index in [0.29, 0.717) is 79.0 Å². The third kappa shape index (κ3) is 20.6. The molecule has 0 radical (unpaired) electrons. The van der Waals surface area contributed by atoms with Gasteiger partial charge in [-0.1, -0.05) is 68.8 Å². The van der Waals surface area contributed by atoms with Crippen molar-refractivity contribution in [3.63, 3.8) is 0 Å². The number of halogens is 11. The molecule has 0 aliphatic carbocycles. The molecule has 27 heteroatoms. The average Bonchev–Trinajstić information content (AvgIpc) is 4.06. The molecule has 0 aromatic heterocycles. The molecular weight excluding hydrogens is 1160 g/mol. The minimum absolute atomic E-state index is 0.0405. The van der Waals surface area contributed by atoms with Gasteiger partial charge in [0.15, 0.2) is 11.2 Å². The van der Waals surface area contributed by atoms with Gasteiger partial charge in [-0.3, -0.25) is 33.7 Å². The lowest BCUT2D eigenvalue weighted by molar-refractivity contribution is -0.141. The predicted octanol–water partition coefficient (Wildman–Crippen LogP) is 10.6. The molecule has 2 atom stereocenters. The number of oxime groups is 2. The van der Waals surface area contributed by atoms with Crippen LogP contribution in [0, 0.1) is 13.8 Å². The van der Waals surface area contributed by atoms with Crippen molar-refractivity contribution in [2.45, 2.75) is 76.9 Å². The minimum atomic E-state index is -4.64. The number of amides is 5. The van der Waals surface area contributed by atoms with E-state index in [0.717, 1.165) is 16.7 Å². The Morgan fingerprint density at radius 1 is 0.620 bits per heavy atom. The summed E-state index contributed by atoms with van der Waals surface area (Å²) in [5, 5.41) is 15.6. The molecule has 4 aromatic carbocycles. The number of nitrogens with zero attached hydrogens (tertiary/aromatic N) is 3. The van der Waals surface area contributed by atoms with Crippen LogP contribution in [0.1, 0.15) is 93.6 Å². The molecule has 2 heterocycles. The molecule has 0 fully saturated rings. The van der Waals surface area contributed by atoms with Crippen molar-refractivity contribution in [1.29, 1.82) is 0 Å². The molecule has 2 aliphatic rings. The lowest BCUT2D eigenvalue weighted by atomic mass is 9.88. The summed E-state index contributed by atoms with van der Waals surface area (Å²) in [5.74, 6) is -4.24. The molecule has 16 nitrogen and oxygen atoms in total. The van der Waals surface area contributed by atoms with E-state index in [2.05, 4.69) is 20.4 Å². The summed E-state index contributed by atoms with van der Waals surface area (Å²) in [6.45, 7) is 2.92. The minimum Gasteiger partial charge on any atom is -0.384 e. The zero-order valence-electron chi connectivity index (χ0n) is 43.1. The van der Waals surface area contributed by atoms with Gasteiger partial charge >= 0.3 is 12.4 Å². The first kappa shape index (κ1) is 65.5. The zero-order valence-corrected chi connectivity index (χ0v) is 46.9. The van der Waals surface area contributed by atoms with Crippen molar-refractivity contribution in [1.82, 2.24) is 20.9 Å². The highest BCUT2D eigenvalue weighted by Gasteiger charge is 2.39. The van der Waals surface area contributed by atoms with Crippen LogP contribution in [0.5, 0.6) is 0 Å². The maximum Gasteiger partial charge on any atom is 0.405 e. The first-order chi connectivity index (χ1) is 36.8. The molecule has 0 spiro atoms. The predicted molar refractivity (Wildman–Crippen MR) is 285 cm³/mol. The first-order valence-corrected chi connectivity index (χ1v) is 25.4. The van der Waals surface area contributed by atoms with E-state index in [1.54, 1.807) is 91.2 Å².